The molecule has 1 N–H and O–H groups in total. The normalized spacial score (nSPS) is 13.2. The van der Waals surface area contributed by atoms with Gasteiger partial charge in [0.1, 0.15) is 5.75 Å². The molecule has 0 spiro atoms. The third-order valence-corrected chi connectivity index (χ3v) is 6.72. The molecule has 7 nitrogen and oxygen atoms in total. The molecule has 0 bridgehead atoms. The van der Waals surface area contributed by atoms with E-state index in [-0.39, 0.29) is 16.4 Å². The van der Waals surface area contributed by atoms with E-state index in [0.717, 1.165) is 18.4 Å². The van der Waals surface area contributed by atoms with Crippen LogP contribution < -0.4 is 14.4 Å². The van der Waals surface area contributed by atoms with Crippen molar-refractivity contribution in [3.8, 4) is 5.75 Å². The first-order valence-corrected chi connectivity index (χ1v) is 11.0. The topological polar surface area (TPSA) is 84.9 Å². The minimum absolute atomic E-state index is 0.0690. The largest absolute Gasteiger partial charge is 0.496 e. The van der Waals surface area contributed by atoms with Crippen molar-refractivity contribution in [1.82, 2.24) is 5.32 Å². The van der Waals surface area contributed by atoms with Gasteiger partial charge in [0.05, 0.1) is 23.3 Å². The van der Waals surface area contributed by atoms with Gasteiger partial charge in [0.25, 0.3) is 15.9 Å². The predicted molar refractivity (Wildman–Crippen MR) is 111 cm³/mol. The molecule has 29 heavy (non-hydrogen) atoms. The second-order valence-electron chi connectivity index (χ2n) is 6.77. The molecule has 0 aliphatic carbocycles. The molecule has 0 fully saturated rings. The van der Waals surface area contributed by atoms with Crippen molar-refractivity contribution >= 4 is 21.6 Å². The van der Waals surface area contributed by atoms with Crippen molar-refractivity contribution in [3.05, 3.63) is 53.6 Å². The standard InChI is InChI=1S/C21H26N2O5S/c1-27-14-6-5-12-22-21(24)18-15-17(9-10-20(18)28-2)29(25,26)23-13-11-16-7-3-4-8-19(16)23/h3-4,7-10,15H,5-6,11-14H2,1-2H3,(H,22,24). The summed E-state index contributed by atoms with van der Waals surface area (Å²) in [5.41, 5.74) is 1.89. The van der Waals surface area contributed by atoms with Crippen molar-refractivity contribution in [3.63, 3.8) is 0 Å². The first-order valence-electron chi connectivity index (χ1n) is 9.55. The van der Waals surface area contributed by atoms with Gasteiger partial charge in [-0.05, 0) is 49.1 Å². The molecule has 1 aliphatic rings. The zero-order valence-corrected chi connectivity index (χ0v) is 17.5. The van der Waals surface area contributed by atoms with Crippen LogP contribution in [-0.2, 0) is 21.2 Å². The number of carbonyl (C=O) groups is 1. The maximum Gasteiger partial charge on any atom is 0.264 e. The third kappa shape index (κ3) is 4.54. The van der Waals surface area contributed by atoms with Gasteiger partial charge in [0.2, 0.25) is 0 Å². The molecule has 0 aromatic heterocycles. The summed E-state index contributed by atoms with van der Waals surface area (Å²) in [6.45, 7) is 1.49. The Kier molecular flexibility index (Phi) is 6.76. The summed E-state index contributed by atoms with van der Waals surface area (Å²) in [4.78, 5) is 12.7. The molecule has 0 atom stereocenters. The van der Waals surface area contributed by atoms with Gasteiger partial charge in [-0.2, -0.15) is 0 Å². The molecular formula is C21H26N2O5S. The fourth-order valence-corrected chi connectivity index (χ4v) is 4.91. The summed E-state index contributed by atoms with van der Waals surface area (Å²) in [5.74, 6) is -0.0293. The smallest absolute Gasteiger partial charge is 0.264 e. The van der Waals surface area contributed by atoms with Gasteiger partial charge >= 0.3 is 0 Å². The Balaban J connectivity index is 1.83. The lowest BCUT2D eigenvalue weighted by molar-refractivity contribution is 0.0948. The average molecular weight is 419 g/mol. The van der Waals surface area contributed by atoms with Crippen molar-refractivity contribution in [2.75, 3.05) is 38.2 Å². The molecule has 8 heteroatoms. The minimum atomic E-state index is -3.78. The molecule has 0 unspecified atom stereocenters. The van der Waals surface area contributed by atoms with Crippen LogP contribution in [0.15, 0.2) is 47.4 Å². The van der Waals surface area contributed by atoms with Gasteiger partial charge in [-0.1, -0.05) is 18.2 Å². The quantitative estimate of drug-likeness (QED) is 0.633. The maximum absolute atomic E-state index is 13.2. The van der Waals surface area contributed by atoms with Crippen LogP contribution in [0.3, 0.4) is 0 Å². The van der Waals surface area contributed by atoms with Crippen molar-refractivity contribution in [1.29, 1.82) is 0 Å². The molecule has 2 aromatic carbocycles. The Morgan fingerprint density at radius 1 is 1.14 bits per heavy atom. The third-order valence-electron chi connectivity index (χ3n) is 4.91. The van der Waals surface area contributed by atoms with Gasteiger partial charge in [-0.25, -0.2) is 8.42 Å². The lowest BCUT2D eigenvalue weighted by atomic mass is 10.2. The number of hydrogen-bond donors (Lipinski definition) is 1. The van der Waals surface area contributed by atoms with E-state index in [1.165, 1.54) is 29.6 Å². The number of amides is 1. The predicted octanol–water partition coefficient (Wildman–Crippen LogP) is 2.60. The van der Waals surface area contributed by atoms with Crippen LogP contribution in [-0.4, -0.2) is 48.2 Å². The number of sulfonamides is 1. The number of carbonyl (C=O) groups excluding carboxylic acids is 1. The second kappa shape index (κ2) is 9.28. The fraction of sp³-hybridized carbons (Fsp3) is 0.381. The summed E-state index contributed by atoms with van der Waals surface area (Å²) in [6, 6.07) is 11.8. The van der Waals surface area contributed by atoms with Crippen molar-refractivity contribution in [2.45, 2.75) is 24.2 Å². The number of nitrogens with zero attached hydrogens (tertiary/aromatic N) is 1. The van der Waals surface area contributed by atoms with E-state index in [2.05, 4.69) is 5.32 Å². The molecule has 1 amide bonds. The van der Waals surface area contributed by atoms with Gasteiger partial charge < -0.3 is 14.8 Å². The molecule has 2 aromatic rings. The van der Waals surface area contributed by atoms with E-state index >= 15 is 0 Å². The number of anilines is 1. The van der Waals surface area contributed by atoms with Gasteiger partial charge in [-0.3, -0.25) is 9.10 Å². The van der Waals surface area contributed by atoms with Crippen LogP contribution in [0.5, 0.6) is 5.75 Å². The molecule has 0 radical (unpaired) electrons. The average Bonchev–Trinajstić information content (AvgIpc) is 3.18. The van der Waals surface area contributed by atoms with E-state index in [4.69, 9.17) is 9.47 Å². The molecule has 0 saturated heterocycles. The van der Waals surface area contributed by atoms with Crippen LogP contribution in [0.25, 0.3) is 0 Å². The van der Waals surface area contributed by atoms with Gasteiger partial charge in [0.15, 0.2) is 0 Å². The van der Waals surface area contributed by atoms with Crippen LogP contribution in [0, 0.1) is 0 Å². The number of para-hydroxylation sites is 1. The summed E-state index contributed by atoms with van der Waals surface area (Å²) in [6.07, 6.45) is 2.27. The number of hydrogen-bond acceptors (Lipinski definition) is 5. The summed E-state index contributed by atoms with van der Waals surface area (Å²) in [5, 5.41) is 2.81. The first kappa shape index (κ1) is 21.1. The van der Waals surface area contributed by atoms with E-state index < -0.39 is 10.0 Å². The zero-order valence-electron chi connectivity index (χ0n) is 16.7. The van der Waals surface area contributed by atoms with Crippen LogP contribution in [0.2, 0.25) is 0 Å². The molecule has 3 rings (SSSR count). The number of benzene rings is 2. The Hall–Kier alpha value is -2.58. The van der Waals surface area contributed by atoms with Gasteiger partial charge in [0, 0.05) is 26.8 Å². The van der Waals surface area contributed by atoms with Crippen LogP contribution in [0.1, 0.15) is 28.8 Å². The zero-order chi connectivity index (χ0) is 20.9. The van der Waals surface area contributed by atoms with Crippen LogP contribution >= 0.6 is 0 Å². The number of rotatable bonds is 9. The van der Waals surface area contributed by atoms with Crippen molar-refractivity contribution in [2.24, 2.45) is 0 Å². The number of ether oxygens (including phenoxy) is 2. The van der Waals surface area contributed by atoms with E-state index in [1.807, 2.05) is 18.2 Å². The molecule has 1 heterocycles. The van der Waals surface area contributed by atoms with Gasteiger partial charge in [-0.15, -0.1) is 0 Å². The highest BCUT2D eigenvalue weighted by Gasteiger charge is 2.31. The van der Waals surface area contributed by atoms with E-state index in [9.17, 15) is 13.2 Å². The summed E-state index contributed by atoms with van der Waals surface area (Å²) < 4.78 is 38.2. The number of nitrogens with one attached hydrogen (secondary N) is 1. The lowest BCUT2D eigenvalue weighted by Gasteiger charge is -2.20. The highest BCUT2D eigenvalue weighted by molar-refractivity contribution is 7.92. The Labute approximate surface area is 171 Å². The number of unbranched alkanes of at least 4 members (excludes halogenated alkanes) is 1. The Morgan fingerprint density at radius 2 is 1.93 bits per heavy atom. The first-order chi connectivity index (χ1) is 14.0. The van der Waals surface area contributed by atoms with Crippen LogP contribution in [0.4, 0.5) is 5.69 Å². The Bertz CT molecular complexity index is 975. The molecule has 1 aliphatic heterocycles. The minimum Gasteiger partial charge on any atom is -0.496 e. The van der Waals surface area contributed by atoms with E-state index in [1.54, 1.807) is 13.2 Å². The second-order valence-corrected chi connectivity index (χ2v) is 8.64. The SMILES string of the molecule is COCCCCNC(=O)c1cc(S(=O)(=O)N2CCc3ccccc32)ccc1OC. The highest BCUT2D eigenvalue weighted by Crippen LogP contribution is 2.33. The summed E-state index contributed by atoms with van der Waals surface area (Å²) in [7, 11) is -0.697. The summed E-state index contributed by atoms with van der Waals surface area (Å²) >= 11 is 0. The number of fused-ring (bicyclic) bond motifs is 1. The fourth-order valence-electron chi connectivity index (χ4n) is 3.38. The molecule has 156 valence electrons. The van der Waals surface area contributed by atoms with Crippen molar-refractivity contribution < 1.29 is 22.7 Å². The monoisotopic (exact) mass is 418 g/mol. The molecular weight excluding hydrogens is 392 g/mol. The Morgan fingerprint density at radius 3 is 2.69 bits per heavy atom. The highest BCUT2D eigenvalue weighted by atomic mass is 32.2. The maximum atomic E-state index is 13.2. The molecule has 0 saturated carbocycles. The van der Waals surface area contributed by atoms with E-state index in [0.29, 0.717) is 37.6 Å². The number of methoxy groups -OCH3 is 2. The lowest BCUT2D eigenvalue weighted by Crippen LogP contribution is -2.30.